The zero-order chi connectivity index (χ0) is 18.9. The number of halogens is 3. The van der Waals surface area contributed by atoms with E-state index >= 15 is 0 Å². The van der Waals surface area contributed by atoms with E-state index in [9.17, 15) is 18.0 Å². The normalized spacial score (nSPS) is 16.3. The van der Waals surface area contributed by atoms with Crippen molar-refractivity contribution in [3.63, 3.8) is 0 Å². The molecule has 0 unspecified atom stereocenters. The first-order valence-electron chi connectivity index (χ1n) is 7.29. The minimum Gasteiger partial charge on any atom is -0.390 e. The van der Waals surface area contributed by atoms with Crippen LogP contribution in [0, 0.1) is 0 Å². The van der Waals surface area contributed by atoms with Crippen LogP contribution in [-0.2, 0) is 22.4 Å². The van der Waals surface area contributed by atoms with E-state index in [2.05, 4.69) is 24.9 Å². The highest BCUT2D eigenvalue weighted by atomic mass is 19.4. The molecule has 2 aromatic rings. The van der Waals surface area contributed by atoms with Gasteiger partial charge < -0.3 is 9.36 Å². The number of amides is 1. The van der Waals surface area contributed by atoms with Gasteiger partial charge in [0.05, 0.1) is 5.71 Å². The molecule has 3 rings (SSSR count). The summed E-state index contributed by atoms with van der Waals surface area (Å²) < 4.78 is 41.6. The number of hydrogen-bond acceptors (Lipinski definition) is 7. The second kappa shape index (κ2) is 6.58. The molecule has 1 aliphatic heterocycles. The first-order valence-corrected chi connectivity index (χ1v) is 7.29. The Labute approximate surface area is 144 Å². The zero-order valence-electron chi connectivity index (χ0n) is 13.6. The molecule has 26 heavy (non-hydrogen) atoms. The third kappa shape index (κ3) is 3.55. The second-order valence-electron chi connectivity index (χ2n) is 5.35. The fourth-order valence-electron chi connectivity index (χ4n) is 2.11. The van der Waals surface area contributed by atoms with Crippen LogP contribution in [0.4, 0.5) is 13.2 Å². The maximum atomic E-state index is 12.5. The maximum absolute atomic E-state index is 12.5. The molecule has 0 fully saturated rings. The van der Waals surface area contributed by atoms with Gasteiger partial charge in [0.25, 0.3) is 5.91 Å². The Balaban J connectivity index is 1.64. The highest BCUT2D eigenvalue weighted by Gasteiger charge is 2.38. The van der Waals surface area contributed by atoms with Crippen molar-refractivity contribution in [3.8, 4) is 11.4 Å². The molecular weight excluding hydrogens is 355 g/mol. The van der Waals surface area contributed by atoms with Crippen LogP contribution in [0.5, 0.6) is 0 Å². The number of aromatic nitrogens is 2. The van der Waals surface area contributed by atoms with E-state index < -0.39 is 12.1 Å². The van der Waals surface area contributed by atoms with Gasteiger partial charge in [0.2, 0.25) is 5.82 Å². The lowest BCUT2D eigenvalue weighted by atomic mass is 10.1. The molecule has 1 amide bonds. The van der Waals surface area contributed by atoms with Crippen LogP contribution in [-0.4, -0.2) is 39.5 Å². The fraction of sp³-hybridized carbons (Fsp3) is 0.267. The first-order chi connectivity index (χ1) is 12.3. The summed E-state index contributed by atoms with van der Waals surface area (Å²) in [5.41, 5.74) is 1.61. The van der Waals surface area contributed by atoms with Gasteiger partial charge in [-0.1, -0.05) is 34.6 Å². The number of carbonyl (C=O) groups excluding carboxylic acids is 1. The van der Waals surface area contributed by atoms with E-state index in [4.69, 9.17) is 4.84 Å². The molecule has 0 saturated heterocycles. The van der Waals surface area contributed by atoms with E-state index in [1.165, 1.54) is 19.2 Å². The van der Waals surface area contributed by atoms with Gasteiger partial charge in [0, 0.05) is 12.6 Å². The van der Waals surface area contributed by atoms with Crippen LogP contribution in [0.1, 0.15) is 18.4 Å². The smallest absolute Gasteiger partial charge is 0.390 e. The average Bonchev–Trinajstić information content (AvgIpc) is 3.16. The van der Waals surface area contributed by atoms with E-state index in [1.54, 1.807) is 19.1 Å². The summed E-state index contributed by atoms with van der Waals surface area (Å²) in [4.78, 5) is 20.2. The molecule has 1 aromatic carbocycles. The van der Waals surface area contributed by atoms with Gasteiger partial charge in [0.15, 0.2) is 5.71 Å². The number of rotatable bonds is 4. The molecule has 0 atom stereocenters. The molecule has 0 spiro atoms. The summed E-state index contributed by atoms with van der Waals surface area (Å²) in [7, 11) is 1.51. The van der Waals surface area contributed by atoms with Gasteiger partial charge in [0.1, 0.15) is 6.61 Å². The summed E-state index contributed by atoms with van der Waals surface area (Å²) in [6.45, 7) is 1.70. The number of carbonyl (C=O) groups is 1. The Morgan fingerprint density at radius 1 is 1.27 bits per heavy atom. The number of oxime groups is 1. The van der Waals surface area contributed by atoms with Crippen LogP contribution in [0.15, 0.2) is 39.0 Å². The predicted molar refractivity (Wildman–Crippen MR) is 82.8 cm³/mol. The van der Waals surface area contributed by atoms with Gasteiger partial charge >= 0.3 is 12.1 Å². The van der Waals surface area contributed by atoms with Crippen molar-refractivity contribution >= 4 is 17.3 Å². The van der Waals surface area contributed by atoms with Crippen LogP contribution >= 0.6 is 0 Å². The zero-order valence-corrected chi connectivity index (χ0v) is 13.6. The minimum atomic E-state index is -4.69. The lowest BCUT2D eigenvalue weighted by Crippen LogP contribution is -2.24. The molecule has 2 heterocycles. The predicted octanol–water partition coefficient (Wildman–Crippen LogP) is 2.48. The van der Waals surface area contributed by atoms with E-state index in [-0.39, 0.29) is 24.1 Å². The minimum absolute atomic E-state index is 0.0636. The maximum Gasteiger partial charge on any atom is 0.471 e. The van der Waals surface area contributed by atoms with E-state index in [0.717, 1.165) is 5.01 Å². The molecule has 11 heteroatoms. The van der Waals surface area contributed by atoms with Crippen molar-refractivity contribution in [2.75, 3.05) is 7.05 Å². The molecule has 0 N–H and O–H groups in total. The lowest BCUT2D eigenvalue weighted by Gasteiger charge is -2.03. The van der Waals surface area contributed by atoms with Gasteiger partial charge in [-0.2, -0.15) is 23.3 Å². The number of hydrazone groups is 1. The number of hydrogen-bond donors (Lipinski definition) is 0. The van der Waals surface area contributed by atoms with Gasteiger partial charge in [-0.15, -0.1) is 0 Å². The third-order valence-corrected chi connectivity index (χ3v) is 3.41. The van der Waals surface area contributed by atoms with E-state index in [1.807, 2.05) is 0 Å². The van der Waals surface area contributed by atoms with Crippen LogP contribution in [0.25, 0.3) is 11.4 Å². The molecular formula is C15H12F3N5O3. The van der Waals surface area contributed by atoms with Gasteiger partial charge in [-0.05, 0) is 12.5 Å². The van der Waals surface area contributed by atoms with Crippen molar-refractivity contribution in [2.45, 2.75) is 19.7 Å². The number of benzene rings is 1. The Hall–Kier alpha value is -3.24. The molecule has 0 bridgehead atoms. The molecule has 0 radical (unpaired) electrons. The lowest BCUT2D eigenvalue weighted by molar-refractivity contribution is -0.159. The Morgan fingerprint density at radius 3 is 2.50 bits per heavy atom. The standard InChI is InChI=1S/C15H12F3N5O3/c1-8-11(13(24)23(2)20-8)21-25-7-9-3-5-10(6-4-9)12-19-14(26-22-12)15(16,17)18/h3-6H,7H2,1-2H3. The Morgan fingerprint density at radius 2 is 1.96 bits per heavy atom. The summed E-state index contributed by atoms with van der Waals surface area (Å²) in [5, 5.41) is 12.2. The number of nitrogens with zero attached hydrogens (tertiary/aromatic N) is 5. The molecule has 8 nitrogen and oxygen atoms in total. The Kier molecular flexibility index (Phi) is 4.45. The van der Waals surface area contributed by atoms with Crippen LogP contribution < -0.4 is 0 Å². The molecule has 0 saturated carbocycles. The van der Waals surface area contributed by atoms with Gasteiger partial charge in [-0.3, -0.25) is 4.79 Å². The Bertz CT molecular complexity index is 887. The third-order valence-electron chi connectivity index (χ3n) is 3.41. The largest absolute Gasteiger partial charge is 0.471 e. The molecule has 1 aromatic heterocycles. The summed E-state index contributed by atoms with van der Waals surface area (Å²) in [6.07, 6.45) is -4.69. The van der Waals surface area contributed by atoms with Crippen LogP contribution in [0.2, 0.25) is 0 Å². The molecule has 1 aliphatic rings. The van der Waals surface area contributed by atoms with Crippen molar-refractivity contribution in [2.24, 2.45) is 10.3 Å². The summed E-state index contributed by atoms with van der Waals surface area (Å²) in [5.74, 6) is -1.94. The SMILES string of the molecule is CC1=NN(C)C(=O)C1=NOCc1ccc(-c2noc(C(F)(F)F)n2)cc1. The number of alkyl halides is 3. The van der Waals surface area contributed by atoms with Crippen LogP contribution in [0.3, 0.4) is 0 Å². The van der Waals surface area contributed by atoms with Gasteiger partial charge in [-0.25, -0.2) is 5.01 Å². The quantitative estimate of drug-likeness (QED) is 0.774. The summed E-state index contributed by atoms with van der Waals surface area (Å²) >= 11 is 0. The first kappa shape index (κ1) is 17.6. The highest BCUT2D eigenvalue weighted by Crippen LogP contribution is 2.29. The fourth-order valence-corrected chi connectivity index (χ4v) is 2.11. The average molecular weight is 367 g/mol. The highest BCUT2D eigenvalue weighted by molar-refractivity contribution is 6.68. The summed E-state index contributed by atoms with van der Waals surface area (Å²) in [6, 6.07) is 6.28. The molecule has 0 aliphatic carbocycles. The monoisotopic (exact) mass is 367 g/mol. The molecule has 136 valence electrons. The van der Waals surface area contributed by atoms with Crippen molar-refractivity contribution < 1.29 is 27.3 Å². The topological polar surface area (TPSA) is 93.2 Å². The van der Waals surface area contributed by atoms with Crippen molar-refractivity contribution in [1.82, 2.24) is 15.1 Å². The van der Waals surface area contributed by atoms with E-state index in [0.29, 0.717) is 16.8 Å². The van der Waals surface area contributed by atoms with Crippen molar-refractivity contribution in [3.05, 3.63) is 35.7 Å². The second-order valence-corrected chi connectivity index (χ2v) is 5.35. The van der Waals surface area contributed by atoms with Crippen molar-refractivity contribution in [1.29, 1.82) is 0 Å².